The van der Waals surface area contributed by atoms with Gasteiger partial charge in [-0.3, -0.25) is 4.79 Å². The molecule has 0 saturated heterocycles. The normalized spacial score (nSPS) is 13.3. The van der Waals surface area contributed by atoms with Crippen molar-refractivity contribution in [3.8, 4) is 5.75 Å². The quantitative estimate of drug-likeness (QED) is 0.704. The molecule has 1 atom stereocenters. The number of rotatable bonds is 7. The Morgan fingerprint density at radius 1 is 1.40 bits per heavy atom. The monoisotopic (exact) mass is 280 g/mol. The van der Waals surface area contributed by atoms with Crippen molar-refractivity contribution in [3.05, 3.63) is 24.3 Å². The number of anilines is 1. The molecule has 1 aromatic rings. The van der Waals surface area contributed by atoms with Crippen molar-refractivity contribution in [2.45, 2.75) is 32.2 Å². The van der Waals surface area contributed by atoms with Gasteiger partial charge in [-0.15, -0.1) is 0 Å². The van der Waals surface area contributed by atoms with E-state index in [0.29, 0.717) is 17.9 Å². The zero-order chi connectivity index (χ0) is 15.2. The van der Waals surface area contributed by atoms with Gasteiger partial charge in [-0.05, 0) is 25.5 Å². The molecule has 0 fully saturated rings. The molecule has 1 rings (SSSR count). The standard InChI is InChI=1S/C14H20N2O4/c1-3-8-14(2,15)13(19)16-10-6-4-5-7-11(10)20-9-12(17)18/h4-7H,3,8-9,15H2,1-2H3,(H,16,19)(H,17,18). The Morgan fingerprint density at radius 3 is 2.65 bits per heavy atom. The predicted molar refractivity (Wildman–Crippen MR) is 75.7 cm³/mol. The summed E-state index contributed by atoms with van der Waals surface area (Å²) >= 11 is 0. The number of carbonyl (C=O) groups excluding carboxylic acids is 1. The summed E-state index contributed by atoms with van der Waals surface area (Å²) in [5.41, 5.74) is 5.38. The highest BCUT2D eigenvalue weighted by atomic mass is 16.5. The van der Waals surface area contributed by atoms with Gasteiger partial charge in [0.25, 0.3) is 0 Å². The third kappa shape index (κ3) is 4.55. The maximum atomic E-state index is 12.1. The summed E-state index contributed by atoms with van der Waals surface area (Å²) in [5.74, 6) is -1.11. The third-order valence-electron chi connectivity index (χ3n) is 2.77. The van der Waals surface area contributed by atoms with Crippen LogP contribution in [0.4, 0.5) is 5.69 Å². The molecule has 110 valence electrons. The first-order valence-electron chi connectivity index (χ1n) is 6.40. The number of carboxylic acids is 1. The topological polar surface area (TPSA) is 102 Å². The van der Waals surface area contributed by atoms with Crippen molar-refractivity contribution in [3.63, 3.8) is 0 Å². The lowest BCUT2D eigenvalue weighted by Crippen LogP contribution is -2.48. The van der Waals surface area contributed by atoms with Crippen LogP contribution in [-0.2, 0) is 9.59 Å². The third-order valence-corrected chi connectivity index (χ3v) is 2.77. The molecule has 0 bridgehead atoms. The fourth-order valence-corrected chi connectivity index (χ4v) is 1.73. The highest BCUT2D eigenvalue weighted by molar-refractivity contribution is 5.98. The Hall–Kier alpha value is -2.08. The lowest BCUT2D eigenvalue weighted by atomic mass is 9.96. The van der Waals surface area contributed by atoms with E-state index in [-0.39, 0.29) is 5.91 Å². The molecule has 0 aliphatic rings. The molecular weight excluding hydrogens is 260 g/mol. The van der Waals surface area contributed by atoms with E-state index in [4.69, 9.17) is 15.6 Å². The van der Waals surface area contributed by atoms with E-state index < -0.39 is 18.1 Å². The van der Waals surface area contributed by atoms with Crippen molar-refractivity contribution in [2.24, 2.45) is 5.73 Å². The minimum atomic E-state index is -1.08. The lowest BCUT2D eigenvalue weighted by Gasteiger charge is -2.23. The molecule has 1 aromatic carbocycles. The fourth-order valence-electron chi connectivity index (χ4n) is 1.73. The van der Waals surface area contributed by atoms with Crippen LogP contribution in [0.1, 0.15) is 26.7 Å². The van der Waals surface area contributed by atoms with Crippen LogP contribution < -0.4 is 15.8 Å². The number of hydrogen-bond donors (Lipinski definition) is 3. The molecule has 0 spiro atoms. The number of nitrogens with two attached hydrogens (primary N) is 1. The second kappa shape index (κ2) is 6.91. The first-order chi connectivity index (χ1) is 9.36. The van der Waals surface area contributed by atoms with E-state index in [2.05, 4.69) is 5.32 Å². The largest absolute Gasteiger partial charge is 0.480 e. The van der Waals surface area contributed by atoms with Gasteiger partial charge in [0.1, 0.15) is 5.75 Å². The van der Waals surface area contributed by atoms with Crippen molar-refractivity contribution in [1.82, 2.24) is 0 Å². The van der Waals surface area contributed by atoms with Gasteiger partial charge in [0.2, 0.25) is 5.91 Å². The summed E-state index contributed by atoms with van der Waals surface area (Å²) in [7, 11) is 0. The van der Waals surface area contributed by atoms with Crippen LogP contribution in [0.15, 0.2) is 24.3 Å². The first kappa shape index (κ1) is 16.0. The van der Waals surface area contributed by atoms with Crippen LogP contribution in [0.2, 0.25) is 0 Å². The van der Waals surface area contributed by atoms with Crippen LogP contribution in [-0.4, -0.2) is 29.1 Å². The van der Waals surface area contributed by atoms with Gasteiger partial charge in [-0.1, -0.05) is 25.5 Å². The Bertz CT molecular complexity index is 486. The average Bonchev–Trinajstić information content (AvgIpc) is 2.37. The zero-order valence-electron chi connectivity index (χ0n) is 11.7. The first-order valence-corrected chi connectivity index (χ1v) is 6.40. The van der Waals surface area contributed by atoms with E-state index in [1.165, 1.54) is 0 Å². The van der Waals surface area contributed by atoms with Gasteiger partial charge in [-0.2, -0.15) is 0 Å². The van der Waals surface area contributed by atoms with Gasteiger partial charge in [0.05, 0.1) is 11.2 Å². The molecule has 6 nitrogen and oxygen atoms in total. The fraction of sp³-hybridized carbons (Fsp3) is 0.429. The summed E-state index contributed by atoms with van der Waals surface area (Å²) in [6, 6.07) is 6.64. The summed E-state index contributed by atoms with van der Waals surface area (Å²) in [6.45, 7) is 3.14. The summed E-state index contributed by atoms with van der Waals surface area (Å²) in [5, 5.41) is 11.3. The number of para-hydroxylation sites is 2. The van der Waals surface area contributed by atoms with Gasteiger partial charge in [-0.25, -0.2) is 4.79 Å². The molecule has 6 heteroatoms. The number of amides is 1. The van der Waals surface area contributed by atoms with E-state index in [0.717, 1.165) is 6.42 Å². The van der Waals surface area contributed by atoms with Crippen molar-refractivity contribution in [1.29, 1.82) is 0 Å². The molecule has 0 radical (unpaired) electrons. The van der Waals surface area contributed by atoms with Gasteiger partial charge in [0, 0.05) is 0 Å². The van der Waals surface area contributed by atoms with Crippen molar-refractivity contribution in [2.75, 3.05) is 11.9 Å². The van der Waals surface area contributed by atoms with E-state index in [1.54, 1.807) is 31.2 Å². The maximum Gasteiger partial charge on any atom is 0.341 e. The zero-order valence-corrected chi connectivity index (χ0v) is 11.7. The molecule has 0 aliphatic heterocycles. The molecule has 0 saturated carbocycles. The SMILES string of the molecule is CCCC(C)(N)C(=O)Nc1ccccc1OCC(=O)O. The van der Waals surface area contributed by atoms with Crippen LogP contribution in [0.5, 0.6) is 5.75 Å². The number of carbonyl (C=O) groups is 2. The molecule has 0 aromatic heterocycles. The smallest absolute Gasteiger partial charge is 0.341 e. The lowest BCUT2D eigenvalue weighted by molar-refractivity contribution is -0.139. The van der Waals surface area contributed by atoms with Crippen LogP contribution in [0.25, 0.3) is 0 Å². The predicted octanol–water partition coefficient (Wildman–Crippen LogP) is 1.61. The minimum absolute atomic E-state index is 0.301. The van der Waals surface area contributed by atoms with Gasteiger partial charge >= 0.3 is 5.97 Å². The van der Waals surface area contributed by atoms with E-state index >= 15 is 0 Å². The van der Waals surface area contributed by atoms with Gasteiger partial charge in [0.15, 0.2) is 6.61 Å². The Morgan fingerprint density at radius 2 is 2.05 bits per heavy atom. The number of aliphatic carboxylic acids is 1. The summed E-state index contributed by atoms with van der Waals surface area (Å²) in [6.07, 6.45) is 1.34. The van der Waals surface area contributed by atoms with Crippen LogP contribution in [0.3, 0.4) is 0 Å². The van der Waals surface area contributed by atoms with Crippen molar-refractivity contribution < 1.29 is 19.4 Å². The molecule has 1 unspecified atom stereocenters. The number of ether oxygens (including phenoxy) is 1. The number of hydrogen-bond acceptors (Lipinski definition) is 4. The van der Waals surface area contributed by atoms with Crippen LogP contribution in [0, 0.1) is 0 Å². The molecule has 4 N–H and O–H groups in total. The van der Waals surface area contributed by atoms with Crippen molar-refractivity contribution >= 4 is 17.6 Å². The van der Waals surface area contributed by atoms with Crippen LogP contribution >= 0.6 is 0 Å². The Labute approximate surface area is 117 Å². The number of carboxylic acid groups (broad SMARTS) is 1. The average molecular weight is 280 g/mol. The molecule has 0 aliphatic carbocycles. The Balaban J connectivity index is 2.81. The molecule has 1 amide bonds. The molecule has 0 heterocycles. The molecule has 20 heavy (non-hydrogen) atoms. The summed E-state index contributed by atoms with van der Waals surface area (Å²) < 4.78 is 5.12. The second-order valence-corrected chi connectivity index (χ2v) is 4.80. The maximum absolute atomic E-state index is 12.1. The second-order valence-electron chi connectivity index (χ2n) is 4.80. The summed E-state index contributed by atoms with van der Waals surface area (Å²) in [4.78, 5) is 22.6. The number of nitrogens with one attached hydrogen (secondary N) is 1. The highest BCUT2D eigenvalue weighted by Crippen LogP contribution is 2.25. The molecular formula is C14H20N2O4. The van der Waals surface area contributed by atoms with E-state index in [9.17, 15) is 9.59 Å². The minimum Gasteiger partial charge on any atom is -0.480 e. The van der Waals surface area contributed by atoms with Gasteiger partial charge < -0.3 is 20.9 Å². The van der Waals surface area contributed by atoms with E-state index in [1.807, 2.05) is 6.92 Å². The highest BCUT2D eigenvalue weighted by Gasteiger charge is 2.27. The number of benzene rings is 1. The Kier molecular flexibility index (Phi) is 5.52.